The molecule has 6 aromatic heterocycles. The van der Waals surface area contributed by atoms with Crippen molar-refractivity contribution in [2.45, 2.75) is 91.9 Å². The van der Waals surface area contributed by atoms with Crippen molar-refractivity contribution >= 4 is 100 Å². The average Bonchev–Trinajstić information content (AvgIpc) is 4.01. The Morgan fingerprint density at radius 1 is 0.462 bits per heavy atom. The third kappa shape index (κ3) is 7.31. The van der Waals surface area contributed by atoms with Crippen molar-refractivity contribution in [1.82, 2.24) is 17.5 Å². The summed E-state index contributed by atoms with van der Waals surface area (Å²) in [6.45, 7) is 9.25. The van der Waals surface area contributed by atoms with Gasteiger partial charge in [0, 0.05) is 60.9 Å². The van der Waals surface area contributed by atoms with Crippen LogP contribution < -0.4 is 0 Å². The fourth-order valence-electron chi connectivity index (χ4n) is 7.35. The second kappa shape index (κ2) is 16.2. The maximum atomic E-state index is 4.83. The maximum absolute atomic E-state index is 4.83. The third-order valence-corrected chi connectivity index (χ3v) is 16.2. The fraction of sp³-hybridized carbons (Fsp3) is 0.381. The van der Waals surface area contributed by atoms with E-state index in [1.165, 1.54) is 149 Å². The molecule has 0 radical (unpaired) electrons. The maximum Gasteiger partial charge on any atom is 0.114 e. The van der Waals surface area contributed by atoms with E-state index < -0.39 is 0 Å². The molecule has 268 valence electrons. The van der Waals surface area contributed by atoms with E-state index in [0.717, 1.165) is 33.9 Å². The molecule has 2 atom stereocenters. The normalized spacial score (nSPS) is 13.2. The first-order valence-corrected chi connectivity index (χ1v) is 23.5. The zero-order valence-electron chi connectivity index (χ0n) is 30.2. The van der Waals surface area contributed by atoms with Gasteiger partial charge in [0.05, 0.1) is 23.5 Å². The van der Waals surface area contributed by atoms with Crippen LogP contribution in [0.2, 0.25) is 0 Å². The van der Waals surface area contributed by atoms with Crippen molar-refractivity contribution in [2.24, 2.45) is 11.8 Å². The summed E-state index contributed by atoms with van der Waals surface area (Å²) in [5, 5.41) is 0. The average molecular weight is 797 g/mol. The number of fused-ring (bicyclic) bond motifs is 3. The molecule has 0 fully saturated rings. The van der Waals surface area contributed by atoms with Gasteiger partial charge in [-0.2, -0.15) is 17.5 Å². The van der Waals surface area contributed by atoms with Gasteiger partial charge in [0.1, 0.15) is 22.1 Å². The van der Waals surface area contributed by atoms with Gasteiger partial charge in [-0.1, -0.05) is 103 Å². The topological polar surface area (TPSA) is 51.6 Å². The molecule has 0 spiro atoms. The highest BCUT2D eigenvalue weighted by Gasteiger charge is 2.21. The molecule has 4 nitrogen and oxygen atoms in total. The van der Waals surface area contributed by atoms with Crippen LogP contribution in [0.1, 0.15) is 88.8 Å². The molecule has 8 aromatic rings. The first-order chi connectivity index (χ1) is 25.6. The Balaban J connectivity index is 1.04. The molecule has 0 N–H and O–H groups in total. The summed E-state index contributed by atoms with van der Waals surface area (Å²) in [6, 6.07) is 23.0. The van der Waals surface area contributed by atoms with E-state index in [0.29, 0.717) is 0 Å². The van der Waals surface area contributed by atoms with Crippen LogP contribution in [0.5, 0.6) is 0 Å². The predicted molar refractivity (Wildman–Crippen MR) is 233 cm³/mol. The molecule has 8 rings (SSSR count). The second-order valence-corrected chi connectivity index (χ2v) is 19.5. The standard InChI is InChI=1S/C42H44N4S6/c1-5-9-11-25(7-3)21-27-13-19-33(47-27)29-15-17-31(41-39(29)43-51-45-41)35-23-37-38(49-35)24-36(50-37)32-18-16-30(40-42(32)46-52-44-40)34-20-14-28(48-34)22-26(8-4)12-10-6-2/h13-20,23-26H,5-12,21-22H2,1-4H3. The highest BCUT2D eigenvalue weighted by atomic mass is 32.1. The van der Waals surface area contributed by atoms with Gasteiger partial charge < -0.3 is 0 Å². The van der Waals surface area contributed by atoms with Crippen molar-refractivity contribution in [2.75, 3.05) is 0 Å². The summed E-state index contributed by atoms with van der Waals surface area (Å²) in [6.07, 6.45) is 12.7. The lowest BCUT2D eigenvalue weighted by Crippen LogP contribution is -2.01. The van der Waals surface area contributed by atoms with Crippen LogP contribution in [0.25, 0.3) is 73.2 Å². The Labute approximate surface area is 331 Å². The summed E-state index contributed by atoms with van der Waals surface area (Å²) in [7, 11) is 0. The Morgan fingerprint density at radius 3 is 1.21 bits per heavy atom. The highest BCUT2D eigenvalue weighted by molar-refractivity contribution is 7.31. The lowest BCUT2D eigenvalue weighted by molar-refractivity contribution is 0.452. The molecular weight excluding hydrogens is 753 g/mol. The molecule has 0 aliphatic carbocycles. The predicted octanol–water partition coefficient (Wildman–Crippen LogP) is 15.3. The minimum atomic E-state index is 0.768. The Kier molecular flexibility index (Phi) is 11.3. The van der Waals surface area contributed by atoms with Crippen LogP contribution in [0.3, 0.4) is 0 Å². The molecule has 0 bridgehead atoms. The van der Waals surface area contributed by atoms with Crippen LogP contribution in [0.4, 0.5) is 0 Å². The number of thiophene rings is 4. The Bertz CT molecular complexity index is 2220. The van der Waals surface area contributed by atoms with E-state index in [4.69, 9.17) is 17.5 Å². The van der Waals surface area contributed by atoms with Crippen LogP contribution in [0, 0.1) is 11.8 Å². The highest BCUT2D eigenvalue weighted by Crippen LogP contribution is 2.47. The van der Waals surface area contributed by atoms with E-state index in [2.05, 4.69) is 88.4 Å². The molecule has 0 saturated heterocycles. The summed E-state index contributed by atoms with van der Waals surface area (Å²) in [5.41, 5.74) is 8.80. The molecule has 0 aliphatic rings. The van der Waals surface area contributed by atoms with E-state index in [1.807, 2.05) is 45.3 Å². The first-order valence-electron chi connectivity index (χ1n) is 18.8. The summed E-state index contributed by atoms with van der Waals surface area (Å²) in [5.74, 6) is 1.54. The molecule has 0 amide bonds. The number of rotatable bonds is 16. The van der Waals surface area contributed by atoms with Gasteiger partial charge in [-0.25, -0.2) is 0 Å². The molecule has 2 unspecified atom stereocenters. The smallest absolute Gasteiger partial charge is 0.114 e. The molecule has 6 heterocycles. The van der Waals surface area contributed by atoms with Crippen molar-refractivity contribution in [3.8, 4) is 41.8 Å². The number of hydrogen-bond donors (Lipinski definition) is 0. The number of hydrogen-bond acceptors (Lipinski definition) is 10. The van der Waals surface area contributed by atoms with Crippen LogP contribution >= 0.6 is 68.8 Å². The van der Waals surface area contributed by atoms with Crippen LogP contribution in [0.15, 0.2) is 60.7 Å². The van der Waals surface area contributed by atoms with Gasteiger partial charge >= 0.3 is 0 Å². The zero-order valence-corrected chi connectivity index (χ0v) is 35.1. The van der Waals surface area contributed by atoms with Gasteiger partial charge in [0.25, 0.3) is 0 Å². The minimum absolute atomic E-state index is 0.768. The van der Waals surface area contributed by atoms with Crippen LogP contribution in [-0.2, 0) is 12.8 Å². The number of benzene rings is 2. The molecule has 0 saturated carbocycles. The van der Waals surface area contributed by atoms with Gasteiger partial charge in [0.2, 0.25) is 0 Å². The second-order valence-electron chi connectivity index (χ2n) is 14.0. The van der Waals surface area contributed by atoms with Gasteiger partial charge in [-0.05, 0) is 61.1 Å². The summed E-state index contributed by atoms with van der Waals surface area (Å²) < 4.78 is 21.9. The Morgan fingerprint density at radius 2 is 0.846 bits per heavy atom. The summed E-state index contributed by atoms with van der Waals surface area (Å²) in [4.78, 5) is 8.04. The number of nitrogens with zero attached hydrogens (tertiary/aromatic N) is 4. The molecule has 2 aromatic carbocycles. The van der Waals surface area contributed by atoms with Gasteiger partial charge in [-0.3, -0.25) is 0 Å². The fourth-order valence-corrected chi connectivity index (χ4v) is 13.2. The number of aromatic nitrogens is 4. The Hall–Kier alpha value is -2.86. The number of unbranched alkanes of at least 4 members (excludes halogenated alkanes) is 2. The minimum Gasteiger partial charge on any atom is -0.172 e. The monoisotopic (exact) mass is 796 g/mol. The van der Waals surface area contributed by atoms with E-state index in [-0.39, 0.29) is 0 Å². The van der Waals surface area contributed by atoms with Gasteiger partial charge in [0.15, 0.2) is 0 Å². The van der Waals surface area contributed by atoms with E-state index in [9.17, 15) is 0 Å². The lowest BCUT2D eigenvalue weighted by atomic mass is 9.95. The third-order valence-electron chi connectivity index (χ3n) is 10.5. The molecule has 10 heteroatoms. The first kappa shape index (κ1) is 36.1. The van der Waals surface area contributed by atoms with Gasteiger partial charge in [-0.15, -0.1) is 45.3 Å². The molecule has 52 heavy (non-hydrogen) atoms. The lowest BCUT2D eigenvalue weighted by Gasteiger charge is -2.12. The van der Waals surface area contributed by atoms with Crippen LogP contribution in [-0.4, -0.2) is 17.5 Å². The largest absolute Gasteiger partial charge is 0.172 e. The summed E-state index contributed by atoms with van der Waals surface area (Å²) >= 11 is 10.2. The zero-order chi connectivity index (χ0) is 35.6. The molecular formula is C42H44N4S6. The molecule has 0 aliphatic heterocycles. The quantitative estimate of drug-likeness (QED) is 0.0977. The van der Waals surface area contributed by atoms with Crippen molar-refractivity contribution in [3.63, 3.8) is 0 Å². The van der Waals surface area contributed by atoms with E-state index in [1.54, 1.807) is 0 Å². The SMILES string of the molecule is CCCCC(CC)Cc1ccc(-c2ccc(-c3cc4sc(-c5ccc(-c6ccc(CC(CC)CCCC)s6)c6nsnc56)cc4s3)c3nsnc23)s1. The van der Waals surface area contributed by atoms with Crippen molar-refractivity contribution in [3.05, 3.63) is 70.4 Å². The van der Waals surface area contributed by atoms with Crippen molar-refractivity contribution < 1.29 is 0 Å². The van der Waals surface area contributed by atoms with E-state index >= 15 is 0 Å². The van der Waals surface area contributed by atoms with Crippen molar-refractivity contribution in [1.29, 1.82) is 0 Å².